The van der Waals surface area contributed by atoms with Gasteiger partial charge in [-0.2, -0.15) is 0 Å². The minimum atomic E-state index is -0.249. The summed E-state index contributed by atoms with van der Waals surface area (Å²) in [7, 11) is 0. The van der Waals surface area contributed by atoms with Crippen LogP contribution in [0.25, 0.3) is 0 Å². The van der Waals surface area contributed by atoms with Crippen LogP contribution in [0, 0.1) is 5.92 Å². The van der Waals surface area contributed by atoms with Gasteiger partial charge in [0.25, 0.3) is 0 Å². The van der Waals surface area contributed by atoms with Gasteiger partial charge in [-0.05, 0) is 56.6 Å². The van der Waals surface area contributed by atoms with Gasteiger partial charge in [0, 0.05) is 30.3 Å². The molecule has 2 fully saturated rings. The fraction of sp³-hybridized carbons (Fsp3) is 0.500. The summed E-state index contributed by atoms with van der Waals surface area (Å²) in [6, 6.07) is 7.35. The number of anilines is 2. The first-order valence-electron chi connectivity index (χ1n) is 8.75. The van der Waals surface area contributed by atoms with Crippen molar-refractivity contribution in [1.82, 2.24) is 4.90 Å². The van der Waals surface area contributed by atoms with Gasteiger partial charge in [0.1, 0.15) is 0 Å². The number of amides is 3. The highest BCUT2D eigenvalue weighted by molar-refractivity contribution is 5.96. The Hall–Kier alpha value is -2.41. The maximum atomic E-state index is 12.2. The van der Waals surface area contributed by atoms with E-state index in [2.05, 4.69) is 5.32 Å². The zero-order valence-corrected chi connectivity index (χ0v) is 14.2. The van der Waals surface area contributed by atoms with Crippen LogP contribution in [-0.2, 0) is 14.4 Å². The first-order chi connectivity index (χ1) is 12.0. The molecule has 2 heterocycles. The normalized spacial score (nSPS) is 19.2. The smallest absolute Gasteiger partial charge is 0.238 e. The van der Waals surface area contributed by atoms with Crippen LogP contribution in [0.5, 0.6) is 0 Å². The van der Waals surface area contributed by atoms with Gasteiger partial charge < -0.3 is 16.0 Å². The number of primary amides is 1. The summed E-state index contributed by atoms with van der Waals surface area (Å²) in [5.41, 5.74) is 6.91. The molecule has 1 aromatic carbocycles. The van der Waals surface area contributed by atoms with Crippen LogP contribution >= 0.6 is 0 Å². The number of hydrogen-bond donors (Lipinski definition) is 2. The number of nitrogens with one attached hydrogen (secondary N) is 1. The van der Waals surface area contributed by atoms with Crippen molar-refractivity contribution in [2.24, 2.45) is 11.7 Å². The van der Waals surface area contributed by atoms with Crippen LogP contribution < -0.4 is 16.0 Å². The van der Waals surface area contributed by atoms with Crippen LogP contribution in [0.1, 0.15) is 25.7 Å². The molecule has 134 valence electrons. The minimum absolute atomic E-state index is 0.0693. The third-order valence-electron chi connectivity index (χ3n) is 4.89. The molecule has 7 nitrogen and oxygen atoms in total. The summed E-state index contributed by atoms with van der Waals surface area (Å²) in [6.45, 7) is 2.47. The van der Waals surface area contributed by atoms with Crippen LogP contribution in [-0.4, -0.2) is 48.8 Å². The van der Waals surface area contributed by atoms with E-state index in [-0.39, 0.29) is 23.6 Å². The zero-order valence-electron chi connectivity index (χ0n) is 14.2. The largest absolute Gasteiger partial charge is 0.369 e. The van der Waals surface area contributed by atoms with E-state index in [9.17, 15) is 14.4 Å². The van der Waals surface area contributed by atoms with E-state index in [4.69, 9.17) is 5.73 Å². The number of benzene rings is 1. The van der Waals surface area contributed by atoms with Gasteiger partial charge in [0.15, 0.2) is 0 Å². The quantitative estimate of drug-likeness (QED) is 0.831. The Kier molecular flexibility index (Phi) is 5.33. The lowest BCUT2D eigenvalue weighted by Crippen LogP contribution is -2.42. The number of rotatable bonds is 5. The standard InChI is InChI=1S/C18H24N4O3/c19-18(25)13-7-10-21(11-8-13)12-16(23)20-14-3-5-15(6-4-14)22-9-1-2-17(22)24/h3-6,13H,1-2,7-12H2,(H2,19,25)(H,20,23). The number of carbonyl (C=O) groups excluding carboxylic acids is 3. The molecule has 3 N–H and O–H groups in total. The Bertz CT molecular complexity index is 651. The van der Waals surface area contributed by atoms with Crippen molar-refractivity contribution in [3.8, 4) is 0 Å². The Morgan fingerprint density at radius 2 is 1.80 bits per heavy atom. The molecule has 0 unspecified atom stereocenters. The predicted octanol–water partition coefficient (Wildman–Crippen LogP) is 0.949. The summed E-state index contributed by atoms with van der Waals surface area (Å²) in [5, 5.41) is 2.88. The second-order valence-corrected chi connectivity index (χ2v) is 6.70. The molecule has 25 heavy (non-hydrogen) atoms. The summed E-state index contributed by atoms with van der Waals surface area (Å²) in [4.78, 5) is 38.9. The molecule has 7 heteroatoms. The molecule has 0 aromatic heterocycles. The fourth-order valence-corrected chi connectivity index (χ4v) is 3.43. The molecule has 2 aliphatic heterocycles. The minimum Gasteiger partial charge on any atom is -0.369 e. The van der Waals surface area contributed by atoms with Gasteiger partial charge in [-0.25, -0.2) is 0 Å². The summed E-state index contributed by atoms with van der Waals surface area (Å²) >= 11 is 0. The van der Waals surface area contributed by atoms with Crippen LogP contribution in [0.15, 0.2) is 24.3 Å². The van der Waals surface area contributed by atoms with E-state index >= 15 is 0 Å². The molecule has 0 aliphatic carbocycles. The molecule has 1 aromatic rings. The first kappa shape index (κ1) is 17.4. The van der Waals surface area contributed by atoms with E-state index < -0.39 is 0 Å². The Morgan fingerprint density at radius 1 is 1.12 bits per heavy atom. The lowest BCUT2D eigenvalue weighted by atomic mass is 9.96. The molecule has 3 rings (SSSR count). The molecule has 0 atom stereocenters. The van der Waals surface area contributed by atoms with Crippen LogP contribution in [0.2, 0.25) is 0 Å². The van der Waals surface area contributed by atoms with Crippen molar-refractivity contribution in [2.45, 2.75) is 25.7 Å². The first-order valence-corrected chi connectivity index (χ1v) is 8.75. The van der Waals surface area contributed by atoms with E-state index in [1.54, 1.807) is 4.90 Å². The number of piperidine rings is 1. The third-order valence-corrected chi connectivity index (χ3v) is 4.89. The van der Waals surface area contributed by atoms with Gasteiger partial charge in [-0.1, -0.05) is 0 Å². The maximum absolute atomic E-state index is 12.2. The van der Waals surface area contributed by atoms with Crippen molar-refractivity contribution < 1.29 is 14.4 Å². The summed E-state index contributed by atoms with van der Waals surface area (Å²) < 4.78 is 0. The average Bonchev–Trinajstić information content (AvgIpc) is 3.02. The highest BCUT2D eigenvalue weighted by atomic mass is 16.2. The van der Waals surface area contributed by atoms with E-state index in [1.165, 1.54) is 0 Å². The Labute approximate surface area is 147 Å². The monoisotopic (exact) mass is 344 g/mol. The van der Waals surface area contributed by atoms with Gasteiger partial charge in [-0.3, -0.25) is 19.3 Å². The molecular weight excluding hydrogens is 320 g/mol. The SMILES string of the molecule is NC(=O)C1CCN(CC(=O)Nc2ccc(N3CCCC3=O)cc2)CC1. The van der Waals surface area contributed by atoms with E-state index in [0.29, 0.717) is 44.6 Å². The highest BCUT2D eigenvalue weighted by Crippen LogP contribution is 2.23. The van der Waals surface area contributed by atoms with Gasteiger partial charge in [0.2, 0.25) is 17.7 Å². The topological polar surface area (TPSA) is 95.7 Å². The highest BCUT2D eigenvalue weighted by Gasteiger charge is 2.24. The zero-order chi connectivity index (χ0) is 17.8. The average molecular weight is 344 g/mol. The molecule has 0 bridgehead atoms. The van der Waals surface area contributed by atoms with Gasteiger partial charge in [0.05, 0.1) is 6.54 Å². The van der Waals surface area contributed by atoms with Crippen molar-refractivity contribution in [2.75, 3.05) is 36.4 Å². The molecular formula is C18H24N4O3. The second-order valence-electron chi connectivity index (χ2n) is 6.70. The van der Waals surface area contributed by atoms with Crippen molar-refractivity contribution >= 4 is 29.1 Å². The van der Waals surface area contributed by atoms with E-state index in [0.717, 1.165) is 18.7 Å². The lowest BCUT2D eigenvalue weighted by molar-refractivity contribution is -0.123. The van der Waals surface area contributed by atoms with Crippen LogP contribution in [0.3, 0.4) is 0 Å². The number of nitrogens with two attached hydrogens (primary N) is 1. The third kappa shape index (κ3) is 4.36. The summed E-state index contributed by atoms with van der Waals surface area (Å²) in [6.07, 6.45) is 2.91. The van der Waals surface area contributed by atoms with Gasteiger partial charge in [-0.15, -0.1) is 0 Å². The number of likely N-dealkylation sites (tertiary alicyclic amines) is 1. The summed E-state index contributed by atoms with van der Waals surface area (Å²) in [5.74, 6) is -0.250. The molecule has 0 radical (unpaired) electrons. The Morgan fingerprint density at radius 3 is 2.36 bits per heavy atom. The predicted molar refractivity (Wildman–Crippen MR) is 95.0 cm³/mol. The molecule has 2 aliphatic rings. The van der Waals surface area contributed by atoms with E-state index in [1.807, 2.05) is 29.2 Å². The number of carbonyl (C=O) groups is 3. The maximum Gasteiger partial charge on any atom is 0.238 e. The molecule has 3 amide bonds. The molecule has 0 spiro atoms. The van der Waals surface area contributed by atoms with Crippen molar-refractivity contribution in [1.29, 1.82) is 0 Å². The van der Waals surface area contributed by atoms with Crippen molar-refractivity contribution in [3.63, 3.8) is 0 Å². The van der Waals surface area contributed by atoms with Crippen LogP contribution in [0.4, 0.5) is 11.4 Å². The fourth-order valence-electron chi connectivity index (χ4n) is 3.43. The number of nitrogens with zero attached hydrogens (tertiary/aromatic N) is 2. The number of hydrogen-bond acceptors (Lipinski definition) is 4. The van der Waals surface area contributed by atoms with Crippen molar-refractivity contribution in [3.05, 3.63) is 24.3 Å². The lowest BCUT2D eigenvalue weighted by Gasteiger charge is -2.29. The molecule has 0 saturated carbocycles. The second kappa shape index (κ2) is 7.65. The van der Waals surface area contributed by atoms with Gasteiger partial charge >= 0.3 is 0 Å². The Balaban J connectivity index is 1.48. The molecule has 2 saturated heterocycles.